The van der Waals surface area contributed by atoms with Gasteiger partial charge in [0.25, 0.3) is 0 Å². The van der Waals surface area contributed by atoms with E-state index in [1.807, 2.05) is 30.0 Å². The summed E-state index contributed by atoms with van der Waals surface area (Å²) in [5, 5.41) is 6.61. The molecule has 8 heteroatoms. The van der Waals surface area contributed by atoms with Gasteiger partial charge < -0.3 is 15.5 Å². The molecule has 0 spiro atoms. The molecule has 3 rings (SSSR count). The third-order valence-corrected chi connectivity index (χ3v) is 4.25. The molecule has 1 aromatic heterocycles. The van der Waals surface area contributed by atoms with Gasteiger partial charge in [-0.2, -0.15) is 0 Å². The van der Waals surface area contributed by atoms with Crippen molar-refractivity contribution in [1.29, 1.82) is 0 Å². The molecule has 0 saturated carbocycles. The molecule has 5 nitrogen and oxygen atoms in total. The zero-order valence-corrected chi connectivity index (χ0v) is 17.5. The van der Waals surface area contributed by atoms with Crippen LogP contribution in [-0.2, 0) is 6.54 Å². The summed E-state index contributed by atoms with van der Waals surface area (Å²) in [6, 6.07) is 9.59. The summed E-state index contributed by atoms with van der Waals surface area (Å²) in [5.41, 5.74) is 1.33. The maximum atomic E-state index is 14.0. The lowest BCUT2D eigenvalue weighted by molar-refractivity contribution is 0.580. The Kier molecular flexibility index (Phi) is 8.21. The van der Waals surface area contributed by atoms with Crippen LogP contribution in [0, 0.1) is 11.6 Å². The van der Waals surface area contributed by atoms with Crippen molar-refractivity contribution in [3.05, 3.63) is 59.9 Å². The highest BCUT2D eigenvalue weighted by Gasteiger charge is 2.25. The van der Waals surface area contributed by atoms with Crippen LogP contribution in [-0.4, -0.2) is 36.6 Å². The zero-order valence-electron chi connectivity index (χ0n) is 15.2. The molecular weight excluding hydrogens is 463 g/mol. The van der Waals surface area contributed by atoms with Crippen LogP contribution >= 0.6 is 24.0 Å². The van der Waals surface area contributed by atoms with Crippen LogP contribution in [0.25, 0.3) is 0 Å². The van der Waals surface area contributed by atoms with E-state index in [1.165, 1.54) is 12.1 Å². The molecular formula is C19H24F2IN5. The molecule has 0 radical (unpaired) electrons. The highest BCUT2D eigenvalue weighted by Crippen LogP contribution is 2.24. The molecule has 1 aliphatic rings. The summed E-state index contributed by atoms with van der Waals surface area (Å²) in [5.74, 6) is -0.373. The van der Waals surface area contributed by atoms with Crippen LogP contribution in [0.3, 0.4) is 0 Å². The Bertz CT molecular complexity index is 757. The van der Waals surface area contributed by atoms with Crippen molar-refractivity contribution in [2.75, 3.05) is 24.5 Å². The average molecular weight is 487 g/mol. The largest absolute Gasteiger partial charge is 0.367 e. The third kappa shape index (κ3) is 6.02. The SMILES string of the molecule is CCNC(=NCc1ccccn1)NC1CCN(c2ccc(F)cc2F)C1.I. The van der Waals surface area contributed by atoms with E-state index >= 15 is 0 Å². The number of aliphatic imine (C=N–C) groups is 1. The van der Waals surface area contributed by atoms with Gasteiger partial charge in [0.2, 0.25) is 0 Å². The molecule has 1 aromatic carbocycles. The number of aromatic nitrogens is 1. The monoisotopic (exact) mass is 487 g/mol. The van der Waals surface area contributed by atoms with E-state index < -0.39 is 11.6 Å². The van der Waals surface area contributed by atoms with Gasteiger partial charge in [-0.05, 0) is 37.6 Å². The van der Waals surface area contributed by atoms with Crippen LogP contribution < -0.4 is 15.5 Å². The highest BCUT2D eigenvalue weighted by molar-refractivity contribution is 14.0. The van der Waals surface area contributed by atoms with Gasteiger partial charge in [-0.25, -0.2) is 13.8 Å². The lowest BCUT2D eigenvalue weighted by Gasteiger charge is -2.21. The number of rotatable bonds is 5. The standard InChI is InChI=1S/C19H23F2N5.HI/c1-2-22-19(24-12-15-5-3-4-9-23-15)25-16-8-10-26(13-16)18-7-6-14(20)11-17(18)21;/h3-7,9,11,16H,2,8,10,12-13H2,1H3,(H2,22,24,25);1H. The van der Waals surface area contributed by atoms with Crippen LogP contribution in [0.5, 0.6) is 0 Å². The van der Waals surface area contributed by atoms with E-state index in [-0.39, 0.29) is 30.0 Å². The topological polar surface area (TPSA) is 52.6 Å². The van der Waals surface area contributed by atoms with Crippen molar-refractivity contribution in [1.82, 2.24) is 15.6 Å². The van der Waals surface area contributed by atoms with Crippen molar-refractivity contribution in [3.8, 4) is 0 Å². The number of benzene rings is 1. The summed E-state index contributed by atoms with van der Waals surface area (Å²) in [4.78, 5) is 10.8. The van der Waals surface area contributed by atoms with Crippen molar-refractivity contribution < 1.29 is 8.78 Å². The molecule has 1 atom stereocenters. The minimum Gasteiger partial charge on any atom is -0.367 e. The summed E-state index contributed by atoms with van der Waals surface area (Å²) in [6.45, 7) is 4.58. The lowest BCUT2D eigenvalue weighted by atomic mass is 10.2. The smallest absolute Gasteiger partial charge is 0.191 e. The molecule has 0 bridgehead atoms. The summed E-state index contributed by atoms with van der Waals surface area (Å²) >= 11 is 0. The Balaban J connectivity index is 0.00000261. The quantitative estimate of drug-likeness (QED) is 0.386. The first-order chi connectivity index (χ1) is 12.7. The fraction of sp³-hybridized carbons (Fsp3) is 0.368. The predicted octanol–water partition coefficient (Wildman–Crippen LogP) is 3.31. The van der Waals surface area contributed by atoms with E-state index in [0.29, 0.717) is 31.3 Å². The first kappa shape index (κ1) is 21.3. The molecule has 1 unspecified atom stereocenters. The molecule has 1 aliphatic heterocycles. The Morgan fingerprint density at radius 2 is 2.15 bits per heavy atom. The maximum absolute atomic E-state index is 14.0. The number of halogens is 3. The first-order valence-corrected chi connectivity index (χ1v) is 8.80. The van der Waals surface area contributed by atoms with Gasteiger partial charge in [-0.1, -0.05) is 6.07 Å². The number of hydrogen-bond acceptors (Lipinski definition) is 3. The first-order valence-electron chi connectivity index (χ1n) is 8.80. The van der Waals surface area contributed by atoms with E-state index in [2.05, 4.69) is 20.6 Å². The number of pyridine rings is 1. The molecule has 0 aliphatic carbocycles. The third-order valence-electron chi connectivity index (χ3n) is 4.25. The van der Waals surface area contributed by atoms with Crippen molar-refractivity contribution in [2.24, 2.45) is 4.99 Å². The van der Waals surface area contributed by atoms with Crippen molar-refractivity contribution in [2.45, 2.75) is 25.9 Å². The zero-order chi connectivity index (χ0) is 18.4. The van der Waals surface area contributed by atoms with Crippen molar-refractivity contribution in [3.63, 3.8) is 0 Å². The summed E-state index contributed by atoms with van der Waals surface area (Å²) in [6.07, 6.45) is 2.60. The summed E-state index contributed by atoms with van der Waals surface area (Å²) < 4.78 is 27.1. The Hall–Kier alpha value is -1.97. The molecule has 2 heterocycles. The summed E-state index contributed by atoms with van der Waals surface area (Å²) in [7, 11) is 0. The second-order valence-corrected chi connectivity index (χ2v) is 6.19. The van der Waals surface area contributed by atoms with Gasteiger partial charge in [0.15, 0.2) is 5.96 Å². The molecule has 1 fully saturated rings. The molecule has 0 amide bonds. The van der Waals surface area contributed by atoms with Crippen LogP contribution in [0.2, 0.25) is 0 Å². The Morgan fingerprint density at radius 1 is 1.30 bits per heavy atom. The molecule has 146 valence electrons. The maximum Gasteiger partial charge on any atom is 0.191 e. The second kappa shape index (κ2) is 10.4. The van der Waals surface area contributed by atoms with Crippen LogP contribution in [0.4, 0.5) is 14.5 Å². The number of guanidine groups is 1. The number of nitrogens with zero attached hydrogens (tertiary/aromatic N) is 3. The minimum absolute atomic E-state index is 0. The molecule has 1 saturated heterocycles. The Morgan fingerprint density at radius 3 is 2.85 bits per heavy atom. The van der Waals surface area contributed by atoms with Gasteiger partial charge in [0, 0.05) is 37.9 Å². The van der Waals surface area contributed by atoms with E-state index in [9.17, 15) is 8.78 Å². The van der Waals surface area contributed by atoms with Gasteiger partial charge in [0.1, 0.15) is 11.6 Å². The van der Waals surface area contributed by atoms with Crippen LogP contribution in [0.1, 0.15) is 19.0 Å². The Labute approximate surface area is 175 Å². The van der Waals surface area contributed by atoms with Gasteiger partial charge in [-0.15, -0.1) is 24.0 Å². The normalized spacial score (nSPS) is 16.8. The van der Waals surface area contributed by atoms with Gasteiger partial charge in [0.05, 0.1) is 17.9 Å². The highest BCUT2D eigenvalue weighted by atomic mass is 127. The lowest BCUT2D eigenvalue weighted by Crippen LogP contribution is -2.44. The number of anilines is 1. The van der Waals surface area contributed by atoms with E-state index in [1.54, 1.807) is 6.20 Å². The molecule has 2 N–H and O–H groups in total. The van der Waals surface area contributed by atoms with Crippen molar-refractivity contribution >= 4 is 35.6 Å². The number of nitrogens with one attached hydrogen (secondary N) is 2. The fourth-order valence-corrected chi connectivity index (χ4v) is 3.00. The van der Waals surface area contributed by atoms with E-state index in [0.717, 1.165) is 24.7 Å². The predicted molar refractivity (Wildman–Crippen MR) is 115 cm³/mol. The molecule has 2 aromatic rings. The fourth-order valence-electron chi connectivity index (χ4n) is 3.00. The van der Waals surface area contributed by atoms with Crippen LogP contribution in [0.15, 0.2) is 47.6 Å². The van der Waals surface area contributed by atoms with E-state index in [4.69, 9.17) is 0 Å². The molecule has 27 heavy (non-hydrogen) atoms. The second-order valence-electron chi connectivity index (χ2n) is 6.19. The van der Waals surface area contributed by atoms with Gasteiger partial charge in [-0.3, -0.25) is 4.98 Å². The number of hydrogen-bond donors (Lipinski definition) is 2. The van der Waals surface area contributed by atoms with Gasteiger partial charge >= 0.3 is 0 Å². The minimum atomic E-state index is -0.559. The average Bonchev–Trinajstić information content (AvgIpc) is 3.09.